The van der Waals surface area contributed by atoms with Crippen LogP contribution in [0.2, 0.25) is 0 Å². The number of carbonyl (C=O) groups excluding carboxylic acids is 5. The normalized spacial score (nSPS) is 12.7. The molecule has 0 atom stereocenters. The molecule has 1 aliphatic rings. The Morgan fingerprint density at radius 3 is 1.69 bits per heavy atom. The fourth-order valence-corrected chi connectivity index (χ4v) is 15.4. The van der Waals surface area contributed by atoms with E-state index in [4.69, 9.17) is 14.2 Å². The molecule has 1 aliphatic heterocycles. The number of amides is 1. The van der Waals surface area contributed by atoms with Crippen molar-refractivity contribution in [2.75, 3.05) is 51.9 Å². The predicted molar refractivity (Wildman–Crippen MR) is 286 cm³/mol. The molecule has 0 fully saturated rings. The number of esters is 3. The van der Waals surface area contributed by atoms with Crippen molar-refractivity contribution < 1.29 is 38.2 Å². The summed E-state index contributed by atoms with van der Waals surface area (Å²) in [6.45, 7) is 9.75. The van der Waals surface area contributed by atoms with Gasteiger partial charge in [0.1, 0.15) is 0 Å². The molecule has 0 spiro atoms. The number of halogens is 1. The summed E-state index contributed by atoms with van der Waals surface area (Å²) < 4.78 is 18.3. The maximum absolute atomic E-state index is 13.8. The van der Waals surface area contributed by atoms with Gasteiger partial charge in [-0.05, 0) is 6.42 Å². The van der Waals surface area contributed by atoms with Crippen LogP contribution in [0.5, 0.6) is 0 Å². The van der Waals surface area contributed by atoms with E-state index in [0.29, 0.717) is 64.2 Å². The van der Waals surface area contributed by atoms with Gasteiger partial charge < -0.3 is 4.74 Å². The number of ether oxygens (including phenoxy) is 3. The molecule has 0 N–H and O–H groups in total. The van der Waals surface area contributed by atoms with Gasteiger partial charge in [-0.15, -0.1) is 0 Å². The van der Waals surface area contributed by atoms with Crippen LogP contribution in [-0.2, 0) is 46.4 Å². The minimum absolute atomic E-state index is 0.00805. The molecule has 0 saturated heterocycles. The number of alkyl halides is 1. The van der Waals surface area contributed by atoms with E-state index >= 15 is 0 Å². The number of unbranched alkanes of at least 4 members (excludes halogenated alkanes) is 21. The van der Waals surface area contributed by atoms with Gasteiger partial charge in [0, 0.05) is 0 Å². The molecular formula is C55H97IN2O8S. The van der Waals surface area contributed by atoms with Crippen LogP contribution in [0.15, 0.2) is 0 Å². The molecule has 1 aromatic heterocycles. The van der Waals surface area contributed by atoms with E-state index in [-0.39, 0.29) is 33.5 Å². The van der Waals surface area contributed by atoms with Gasteiger partial charge in [0.25, 0.3) is 0 Å². The number of carbonyl (C=O) groups is 5. The Hall–Kier alpha value is -2.06. The van der Waals surface area contributed by atoms with Gasteiger partial charge >= 0.3 is 289 Å². The van der Waals surface area contributed by atoms with Crippen LogP contribution in [0.1, 0.15) is 247 Å². The maximum atomic E-state index is 13.8. The second-order valence-electron chi connectivity index (χ2n) is 19.4. The SMILES string of the molecule is CCCCCCCCCOC(=O)CCCCCCC(=O)N1CCc2c(sc(I(C)C(=O)CCCCCOC(=O)C(CCCCCCCC)CCCCCCCC)c2C(=O)OCCCN(C)C)C1. The molecule has 67 heavy (non-hydrogen) atoms. The third-order valence-corrected chi connectivity index (χ3v) is 20.6. The summed E-state index contributed by atoms with van der Waals surface area (Å²) in [5.41, 5.74) is 1.56. The number of thiophene rings is 1. The van der Waals surface area contributed by atoms with Crippen LogP contribution >= 0.6 is 31.2 Å². The summed E-state index contributed by atoms with van der Waals surface area (Å²) in [6.07, 6.45) is 33.1. The fraction of sp³-hybridized carbons (Fsp3) is 0.836. The van der Waals surface area contributed by atoms with Gasteiger partial charge in [0.15, 0.2) is 0 Å². The molecule has 2 rings (SSSR count). The summed E-state index contributed by atoms with van der Waals surface area (Å²) in [4.78, 5) is 73.4. The molecule has 0 aliphatic carbocycles. The standard InChI is InChI=1S/C55H97IN2O8S/c1-7-10-13-16-19-24-31-42-64-51(61)38-30-23-22-29-37-50(60)58-41-39-47-48(45-58)67-53(52(47)55(63)66-44-33-40-57(5)6)56(4)49(59)36-28-25-32-43-65-54(62)46(34-26-20-17-14-11-8-2)35-27-21-18-15-12-9-3/h46H,7-45H2,1-6H3. The van der Waals surface area contributed by atoms with Crippen LogP contribution < -0.4 is 0 Å². The van der Waals surface area contributed by atoms with Crippen molar-refractivity contribution >= 4 is 58.8 Å². The first-order valence-electron chi connectivity index (χ1n) is 27.2. The molecule has 1 aromatic rings. The Morgan fingerprint density at radius 2 is 1.09 bits per heavy atom. The Balaban J connectivity index is 1.87. The molecule has 388 valence electrons. The number of rotatable bonds is 43. The van der Waals surface area contributed by atoms with Crippen LogP contribution in [0, 0.1) is 8.80 Å². The second-order valence-corrected chi connectivity index (χ2v) is 26.2. The monoisotopic (exact) mass is 1070 g/mol. The molecule has 12 heteroatoms. The van der Waals surface area contributed by atoms with Crippen LogP contribution in [0.3, 0.4) is 0 Å². The molecule has 1 amide bonds. The number of nitrogens with zero attached hydrogens (tertiary/aromatic N) is 2. The fourth-order valence-electron chi connectivity index (χ4n) is 8.77. The van der Waals surface area contributed by atoms with Crippen molar-refractivity contribution in [3.05, 3.63) is 18.9 Å². The first-order valence-corrected chi connectivity index (χ1v) is 32.4. The number of hydrogen-bond acceptors (Lipinski definition) is 10. The van der Waals surface area contributed by atoms with Gasteiger partial charge in [-0.3, -0.25) is 4.79 Å². The molecule has 2 heterocycles. The van der Waals surface area contributed by atoms with Gasteiger partial charge in [-0.25, -0.2) is 0 Å². The Labute approximate surface area is 420 Å². The number of hydrogen-bond donors (Lipinski definition) is 0. The molecule has 10 nitrogen and oxygen atoms in total. The third-order valence-electron chi connectivity index (χ3n) is 13.1. The first kappa shape index (κ1) is 61.1. The van der Waals surface area contributed by atoms with Crippen LogP contribution in [-0.4, -0.2) is 89.3 Å². The third kappa shape index (κ3) is 27.8. The van der Waals surface area contributed by atoms with Crippen molar-refractivity contribution in [1.29, 1.82) is 0 Å². The molecule has 0 radical (unpaired) electrons. The average Bonchev–Trinajstić information content (AvgIpc) is 3.70. The molecule has 0 bridgehead atoms. The van der Waals surface area contributed by atoms with Crippen molar-refractivity contribution in [2.45, 2.75) is 239 Å². The Bertz CT molecular complexity index is 1480. The van der Waals surface area contributed by atoms with E-state index in [1.54, 1.807) is 11.3 Å². The van der Waals surface area contributed by atoms with Crippen molar-refractivity contribution in [3.8, 4) is 0 Å². The van der Waals surface area contributed by atoms with Gasteiger partial charge in [-0.2, -0.15) is 0 Å². The molecular weight excluding hydrogens is 976 g/mol. The summed E-state index contributed by atoms with van der Waals surface area (Å²) >= 11 is -0.856. The van der Waals surface area contributed by atoms with Crippen molar-refractivity contribution in [2.24, 2.45) is 5.92 Å². The van der Waals surface area contributed by atoms with E-state index in [1.165, 1.54) is 96.3 Å². The predicted octanol–water partition coefficient (Wildman–Crippen LogP) is 14.4. The zero-order chi connectivity index (χ0) is 48.9. The summed E-state index contributed by atoms with van der Waals surface area (Å²) in [6, 6.07) is 0. The van der Waals surface area contributed by atoms with E-state index in [2.05, 4.69) is 30.6 Å². The number of fused-ring (bicyclic) bond motifs is 1. The van der Waals surface area contributed by atoms with Crippen molar-refractivity contribution in [3.63, 3.8) is 0 Å². The Morgan fingerprint density at radius 1 is 0.597 bits per heavy atom. The summed E-state index contributed by atoms with van der Waals surface area (Å²) in [5.74, 6) is -0.387. The topological polar surface area (TPSA) is 120 Å². The molecule has 0 aromatic carbocycles. The zero-order valence-corrected chi connectivity index (χ0v) is 46.6. The van der Waals surface area contributed by atoms with Crippen LogP contribution in [0.25, 0.3) is 0 Å². The van der Waals surface area contributed by atoms with E-state index < -0.39 is 19.8 Å². The van der Waals surface area contributed by atoms with E-state index in [1.807, 2.05) is 19.0 Å². The Kier molecular flexibility index (Phi) is 36.1. The summed E-state index contributed by atoms with van der Waals surface area (Å²) in [7, 11) is 3.99. The van der Waals surface area contributed by atoms with Gasteiger partial charge in [0.2, 0.25) is 0 Å². The molecule has 0 unspecified atom stereocenters. The minimum atomic E-state index is -2.42. The van der Waals surface area contributed by atoms with E-state index in [9.17, 15) is 24.0 Å². The molecule has 0 saturated carbocycles. The zero-order valence-electron chi connectivity index (χ0n) is 43.6. The van der Waals surface area contributed by atoms with Gasteiger partial charge in [-0.1, -0.05) is 111 Å². The van der Waals surface area contributed by atoms with Gasteiger partial charge in [0.05, 0.1) is 6.61 Å². The van der Waals surface area contributed by atoms with Crippen LogP contribution in [0.4, 0.5) is 0 Å². The summed E-state index contributed by atoms with van der Waals surface area (Å²) in [5, 5.41) is 0. The second kappa shape index (κ2) is 39.6. The first-order chi connectivity index (χ1) is 32.5. The quantitative estimate of drug-likeness (QED) is 0.0157. The van der Waals surface area contributed by atoms with Crippen molar-refractivity contribution in [1.82, 2.24) is 9.80 Å². The van der Waals surface area contributed by atoms with E-state index in [0.717, 1.165) is 110 Å². The average molecular weight is 1070 g/mol.